The molecule has 5 nitrogen and oxygen atoms in total. The minimum absolute atomic E-state index is 0.159. The van der Waals surface area contributed by atoms with Crippen molar-refractivity contribution in [2.75, 3.05) is 7.11 Å². The number of hydrogen-bond donors (Lipinski definition) is 0. The Morgan fingerprint density at radius 3 is 2.54 bits per heavy atom. The number of oxime groups is 1. The first-order chi connectivity index (χ1) is 16.4. The molecular formula is C23H15ClF6N2O3. The molecule has 0 N–H and O–H groups in total. The second-order valence-corrected chi connectivity index (χ2v) is 8.10. The number of halogens is 7. The average molecular weight is 517 g/mol. The molecule has 35 heavy (non-hydrogen) atoms. The molecule has 0 amide bonds. The van der Waals surface area contributed by atoms with Gasteiger partial charge in [-0.1, -0.05) is 16.8 Å². The van der Waals surface area contributed by atoms with Crippen LogP contribution in [0.25, 0.3) is 11.6 Å². The van der Waals surface area contributed by atoms with Crippen molar-refractivity contribution in [3.63, 3.8) is 0 Å². The van der Waals surface area contributed by atoms with E-state index in [4.69, 9.17) is 21.2 Å². The van der Waals surface area contributed by atoms with Crippen molar-refractivity contribution in [3.05, 3.63) is 82.1 Å². The zero-order valence-corrected chi connectivity index (χ0v) is 18.5. The van der Waals surface area contributed by atoms with Crippen LogP contribution >= 0.6 is 11.6 Å². The third-order valence-corrected chi connectivity index (χ3v) is 5.69. The standard InChI is InChI=1S/C23H15ClF6N2O3/c1-34-20(33)18-7-6-17(32-8-2-3-19(18)32)5-4-16-12-21(35-31-16,23(28,29)30)13-9-14(22(25,26)27)11-15(24)10-13/h2-11H,12H2,1H3. The summed E-state index contributed by atoms with van der Waals surface area (Å²) >= 11 is 5.70. The molecule has 0 spiro atoms. The molecule has 2 aromatic heterocycles. The number of alkyl halides is 6. The monoisotopic (exact) mass is 516 g/mol. The van der Waals surface area contributed by atoms with Crippen LogP contribution in [0.1, 0.15) is 33.6 Å². The first-order valence-corrected chi connectivity index (χ1v) is 10.3. The van der Waals surface area contributed by atoms with Gasteiger partial charge in [0.15, 0.2) is 0 Å². The molecule has 12 heteroatoms. The van der Waals surface area contributed by atoms with Crippen molar-refractivity contribution in [2.24, 2.45) is 5.16 Å². The Hall–Kier alpha value is -3.47. The number of nitrogens with zero attached hydrogens (tertiary/aromatic N) is 2. The lowest BCUT2D eigenvalue weighted by molar-refractivity contribution is -0.276. The van der Waals surface area contributed by atoms with Gasteiger partial charge >= 0.3 is 18.3 Å². The minimum atomic E-state index is -5.10. The zero-order chi connectivity index (χ0) is 25.6. The molecule has 1 aliphatic rings. The van der Waals surface area contributed by atoms with E-state index < -0.39 is 46.5 Å². The number of fused-ring (bicyclic) bond motifs is 1. The second-order valence-electron chi connectivity index (χ2n) is 7.66. The van der Waals surface area contributed by atoms with Gasteiger partial charge in [-0.2, -0.15) is 26.3 Å². The highest BCUT2D eigenvalue weighted by atomic mass is 35.5. The number of esters is 1. The second kappa shape index (κ2) is 8.63. The highest BCUT2D eigenvalue weighted by molar-refractivity contribution is 6.30. The summed E-state index contributed by atoms with van der Waals surface area (Å²) in [5.41, 5.74) is -4.17. The van der Waals surface area contributed by atoms with E-state index >= 15 is 0 Å². The Morgan fingerprint density at radius 2 is 1.89 bits per heavy atom. The van der Waals surface area contributed by atoms with Gasteiger partial charge in [0.1, 0.15) is 0 Å². The SMILES string of the molecule is COC(=O)c1ccc(C=CC2=NOC(c3cc(Cl)cc(C(F)(F)F)c3)(C(F)(F)F)C2)n2cccc12. The molecule has 1 unspecified atom stereocenters. The normalized spacial score (nSPS) is 18.7. The van der Waals surface area contributed by atoms with Crippen molar-refractivity contribution in [3.8, 4) is 0 Å². The number of aromatic nitrogens is 1. The minimum Gasteiger partial charge on any atom is -0.465 e. The Morgan fingerprint density at radius 1 is 1.14 bits per heavy atom. The van der Waals surface area contributed by atoms with E-state index in [0.717, 1.165) is 6.07 Å². The molecule has 1 aromatic carbocycles. The molecule has 4 rings (SSSR count). The first kappa shape index (κ1) is 24.6. The number of allylic oxidation sites excluding steroid dienone is 1. The Kier molecular flexibility index (Phi) is 6.08. The molecule has 0 saturated heterocycles. The van der Waals surface area contributed by atoms with Gasteiger partial charge in [-0.25, -0.2) is 4.79 Å². The van der Waals surface area contributed by atoms with E-state index in [9.17, 15) is 31.1 Å². The molecule has 184 valence electrons. The van der Waals surface area contributed by atoms with Crippen LogP contribution in [0, 0.1) is 0 Å². The van der Waals surface area contributed by atoms with Crippen molar-refractivity contribution in [1.29, 1.82) is 0 Å². The quantitative estimate of drug-likeness (QED) is 0.288. The molecular weight excluding hydrogens is 502 g/mol. The van der Waals surface area contributed by atoms with E-state index in [1.165, 1.54) is 25.3 Å². The maximum absolute atomic E-state index is 14.1. The maximum Gasteiger partial charge on any atom is 0.435 e. The number of pyridine rings is 1. The number of carbonyl (C=O) groups excluding carboxylic acids is 1. The number of rotatable bonds is 4. The molecule has 3 heterocycles. The lowest BCUT2D eigenvalue weighted by atomic mass is 9.87. The summed E-state index contributed by atoms with van der Waals surface area (Å²) in [7, 11) is 1.23. The third kappa shape index (κ3) is 4.47. The van der Waals surface area contributed by atoms with Crippen molar-refractivity contribution in [2.45, 2.75) is 24.4 Å². The van der Waals surface area contributed by atoms with Crippen molar-refractivity contribution >= 4 is 34.9 Å². The molecule has 3 aromatic rings. The largest absolute Gasteiger partial charge is 0.465 e. The summed E-state index contributed by atoms with van der Waals surface area (Å²) < 4.78 is 88.3. The predicted octanol–water partition coefficient (Wildman–Crippen LogP) is 6.65. The van der Waals surface area contributed by atoms with E-state index in [0.29, 0.717) is 23.3 Å². The van der Waals surface area contributed by atoms with E-state index in [1.807, 2.05) is 0 Å². The van der Waals surface area contributed by atoms with Gasteiger partial charge in [0, 0.05) is 28.9 Å². The van der Waals surface area contributed by atoms with Gasteiger partial charge in [0.2, 0.25) is 0 Å². The van der Waals surface area contributed by atoms with Gasteiger partial charge in [-0.05, 0) is 54.6 Å². The van der Waals surface area contributed by atoms with Gasteiger partial charge in [0.25, 0.3) is 5.60 Å². The number of carbonyl (C=O) groups is 1. The third-order valence-electron chi connectivity index (χ3n) is 5.47. The lowest BCUT2D eigenvalue weighted by Gasteiger charge is -2.30. The van der Waals surface area contributed by atoms with Gasteiger partial charge in [-0.3, -0.25) is 0 Å². The summed E-state index contributed by atoms with van der Waals surface area (Å²) in [6.45, 7) is 0. The van der Waals surface area contributed by atoms with E-state index in [2.05, 4.69) is 5.16 Å². The van der Waals surface area contributed by atoms with Crippen LogP contribution in [0.4, 0.5) is 26.3 Å². The van der Waals surface area contributed by atoms with E-state index in [-0.39, 0.29) is 11.3 Å². The predicted molar refractivity (Wildman–Crippen MR) is 115 cm³/mol. The Labute approximate surface area is 199 Å². The molecule has 1 aliphatic heterocycles. The zero-order valence-electron chi connectivity index (χ0n) is 17.7. The summed E-state index contributed by atoms with van der Waals surface area (Å²) in [6, 6.07) is 8.05. The fourth-order valence-electron chi connectivity index (χ4n) is 3.76. The van der Waals surface area contributed by atoms with Crippen LogP contribution in [-0.2, 0) is 21.4 Å². The van der Waals surface area contributed by atoms with Crippen LogP contribution < -0.4 is 0 Å². The van der Waals surface area contributed by atoms with Crippen LogP contribution in [-0.4, -0.2) is 29.4 Å². The Bertz CT molecular complexity index is 1360. The first-order valence-electron chi connectivity index (χ1n) is 9.92. The summed E-state index contributed by atoms with van der Waals surface area (Å²) in [6.07, 6.45) is -6.54. The number of methoxy groups -OCH3 is 1. The van der Waals surface area contributed by atoms with E-state index in [1.54, 1.807) is 28.8 Å². The maximum atomic E-state index is 14.1. The highest BCUT2D eigenvalue weighted by Crippen LogP contribution is 2.49. The van der Waals surface area contributed by atoms with Crippen LogP contribution in [0.2, 0.25) is 5.02 Å². The molecule has 0 radical (unpaired) electrons. The summed E-state index contributed by atoms with van der Waals surface area (Å²) in [5.74, 6) is -0.562. The molecule has 0 fully saturated rings. The molecule has 0 bridgehead atoms. The van der Waals surface area contributed by atoms with Crippen LogP contribution in [0.5, 0.6) is 0 Å². The van der Waals surface area contributed by atoms with Gasteiger partial charge in [-0.15, -0.1) is 0 Å². The lowest BCUT2D eigenvalue weighted by Crippen LogP contribution is -2.42. The Balaban J connectivity index is 1.68. The topological polar surface area (TPSA) is 52.3 Å². The number of hydrogen-bond acceptors (Lipinski definition) is 4. The fourth-order valence-corrected chi connectivity index (χ4v) is 4.00. The van der Waals surface area contributed by atoms with Gasteiger partial charge in [0.05, 0.1) is 29.5 Å². The molecule has 0 aliphatic carbocycles. The average Bonchev–Trinajstić information content (AvgIpc) is 3.44. The van der Waals surface area contributed by atoms with Crippen molar-refractivity contribution < 1.29 is 40.7 Å². The van der Waals surface area contributed by atoms with Crippen LogP contribution in [0.15, 0.2) is 59.9 Å². The number of benzene rings is 1. The molecule has 0 saturated carbocycles. The van der Waals surface area contributed by atoms with Gasteiger partial charge < -0.3 is 14.0 Å². The van der Waals surface area contributed by atoms with Crippen LogP contribution in [0.3, 0.4) is 0 Å². The highest BCUT2D eigenvalue weighted by Gasteiger charge is 2.62. The summed E-state index contributed by atoms with van der Waals surface area (Å²) in [4.78, 5) is 16.7. The smallest absolute Gasteiger partial charge is 0.435 e. The molecule has 1 atom stereocenters. The number of ether oxygens (including phenoxy) is 1. The summed E-state index contributed by atoms with van der Waals surface area (Å²) in [5, 5.41) is 2.98. The fraction of sp³-hybridized carbons (Fsp3) is 0.217. The van der Waals surface area contributed by atoms with Crippen molar-refractivity contribution in [1.82, 2.24) is 4.40 Å².